The van der Waals surface area contributed by atoms with Crippen molar-refractivity contribution in [2.24, 2.45) is 0 Å². The van der Waals surface area contributed by atoms with E-state index in [1.165, 1.54) is 22.5 Å². The lowest BCUT2D eigenvalue weighted by molar-refractivity contribution is 0.0947. The molecule has 0 amide bonds. The highest BCUT2D eigenvalue weighted by molar-refractivity contribution is 9.11. The maximum absolute atomic E-state index is 12.1. The van der Waals surface area contributed by atoms with E-state index in [2.05, 4.69) is 47.1 Å². The van der Waals surface area contributed by atoms with E-state index in [9.17, 15) is 4.79 Å². The fourth-order valence-electron chi connectivity index (χ4n) is 1.97. The first-order chi connectivity index (χ1) is 9.04. The van der Waals surface area contributed by atoms with Crippen molar-refractivity contribution in [3.05, 3.63) is 56.2 Å². The normalized spacial score (nSPS) is 10.9. The third-order valence-electron chi connectivity index (χ3n) is 2.80. The average Bonchev–Trinajstić information content (AvgIpc) is 2.75. The molecule has 2 nitrogen and oxygen atoms in total. The molecule has 0 aliphatic carbocycles. The monoisotopic (exact) mass is 337 g/mol. The standard InChI is InChI=1S/C15H16BrNOS/c1-11-4-3-5-12(8-11)9-17(2)10-13(18)14-6-7-15(16)19-14/h3-8H,9-10H2,1-2H3. The molecule has 0 fully saturated rings. The Bertz CT molecular complexity index is 579. The fraction of sp³-hybridized carbons (Fsp3) is 0.267. The maximum Gasteiger partial charge on any atom is 0.186 e. The number of carbonyl (C=O) groups excluding carboxylic acids is 1. The largest absolute Gasteiger partial charge is 0.295 e. The van der Waals surface area contributed by atoms with Gasteiger partial charge in [0.05, 0.1) is 15.2 Å². The molecule has 0 spiro atoms. The van der Waals surface area contributed by atoms with Crippen LogP contribution in [0.15, 0.2) is 40.2 Å². The van der Waals surface area contributed by atoms with Crippen LogP contribution in [0.1, 0.15) is 20.8 Å². The fourth-order valence-corrected chi connectivity index (χ4v) is 3.28. The highest BCUT2D eigenvalue weighted by Gasteiger charge is 2.11. The van der Waals surface area contributed by atoms with Gasteiger partial charge in [0, 0.05) is 6.54 Å². The number of benzene rings is 1. The van der Waals surface area contributed by atoms with Crippen LogP contribution in [-0.2, 0) is 6.54 Å². The van der Waals surface area contributed by atoms with Crippen molar-refractivity contribution in [3.63, 3.8) is 0 Å². The molecule has 0 aliphatic heterocycles. The molecular weight excluding hydrogens is 322 g/mol. The zero-order valence-electron chi connectivity index (χ0n) is 11.0. The summed E-state index contributed by atoms with van der Waals surface area (Å²) in [7, 11) is 1.98. The number of aryl methyl sites for hydroxylation is 1. The van der Waals surface area contributed by atoms with Crippen LogP contribution in [0, 0.1) is 6.92 Å². The quantitative estimate of drug-likeness (QED) is 0.764. The Morgan fingerprint density at radius 1 is 1.32 bits per heavy atom. The van der Waals surface area contributed by atoms with Gasteiger partial charge in [0.25, 0.3) is 0 Å². The van der Waals surface area contributed by atoms with Gasteiger partial charge in [0.15, 0.2) is 5.78 Å². The molecule has 0 bridgehead atoms. The summed E-state index contributed by atoms with van der Waals surface area (Å²) < 4.78 is 0.997. The third-order valence-corrected chi connectivity index (χ3v) is 4.46. The van der Waals surface area contributed by atoms with Gasteiger partial charge in [-0.2, -0.15) is 0 Å². The van der Waals surface area contributed by atoms with Gasteiger partial charge < -0.3 is 0 Å². The topological polar surface area (TPSA) is 20.3 Å². The van der Waals surface area contributed by atoms with Crippen molar-refractivity contribution in [3.8, 4) is 0 Å². The molecule has 0 unspecified atom stereocenters. The lowest BCUT2D eigenvalue weighted by Crippen LogP contribution is -2.25. The molecule has 4 heteroatoms. The summed E-state index contributed by atoms with van der Waals surface area (Å²) >= 11 is 4.87. The van der Waals surface area contributed by atoms with Crippen LogP contribution in [0.2, 0.25) is 0 Å². The van der Waals surface area contributed by atoms with Crippen molar-refractivity contribution in [1.82, 2.24) is 4.90 Å². The highest BCUT2D eigenvalue weighted by atomic mass is 79.9. The van der Waals surface area contributed by atoms with Crippen LogP contribution in [0.4, 0.5) is 0 Å². The number of hydrogen-bond acceptors (Lipinski definition) is 3. The number of likely N-dealkylation sites (N-methyl/N-ethyl adjacent to an activating group) is 1. The zero-order valence-corrected chi connectivity index (χ0v) is 13.4. The third kappa shape index (κ3) is 4.27. The number of halogens is 1. The number of carbonyl (C=O) groups is 1. The predicted octanol–water partition coefficient (Wildman–Crippen LogP) is 4.13. The molecule has 0 aliphatic rings. The molecule has 1 aromatic heterocycles. The van der Waals surface area contributed by atoms with Gasteiger partial charge >= 0.3 is 0 Å². The van der Waals surface area contributed by atoms with Gasteiger partial charge in [0.1, 0.15) is 0 Å². The molecule has 100 valence electrons. The number of nitrogens with zero attached hydrogens (tertiary/aromatic N) is 1. The van der Waals surface area contributed by atoms with Crippen molar-refractivity contribution >= 4 is 33.0 Å². The predicted molar refractivity (Wildman–Crippen MR) is 83.9 cm³/mol. The number of thiophene rings is 1. The average molecular weight is 338 g/mol. The summed E-state index contributed by atoms with van der Waals surface area (Å²) in [6, 6.07) is 12.2. The van der Waals surface area contributed by atoms with Crippen LogP contribution in [0.3, 0.4) is 0 Å². The summed E-state index contributed by atoms with van der Waals surface area (Å²) in [5, 5.41) is 0. The smallest absolute Gasteiger partial charge is 0.186 e. The zero-order chi connectivity index (χ0) is 13.8. The first-order valence-corrected chi connectivity index (χ1v) is 7.68. The maximum atomic E-state index is 12.1. The Kier molecular flexibility index (Phi) is 4.91. The Labute approximate surface area is 126 Å². The van der Waals surface area contributed by atoms with E-state index in [0.29, 0.717) is 6.54 Å². The van der Waals surface area contributed by atoms with Crippen LogP contribution < -0.4 is 0 Å². The van der Waals surface area contributed by atoms with Gasteiger partial charge in [-0.15, -0.1) is 11.3 Å². The van der Waals surface area contributed by atoms with Crippen molar-refractivity contribution in [2.75, 3.05) is 13.6 Å². The van der Waals surface area contributed by atoms with Crippen LogP contribution >= 0.6 is 27.3 Å². The molecule has 1 heterocycles. The summed E-state index contributed by atoms with van der Waals surface area (Å²) in [4.78, 5) is 14.9. The first-order valence-electron chi connectivity index (χ1n) is 6.07. The highest BCUT2D eigenvalue weighted by Crippen LogP contribution is 2.22. The summed E-state index contributed by atoms with van der Waals surface area (Å²) in [5.74, 6) is 0.172. The van der Waals surface area contributed by atoms with E-state index in [1.54, 1.807) is 0 Å². The van der Waals surface area contributed by atoms with Crippen molar-refractivity contribution in [1.29, 1.82) is 0 Å². The number of ketones is 1. The molecule has 1 aromatic carbocycles. The van der Waals surface area contributed by atoms with E-state index in [4.69, 9.17) is 0 Å². The summed E-state index contributed by atoms with van der Waals surface area (Å²) in [6.07, 6.45) is 0. The van der Waals surface area contributed by atoms with Crippen molar-refractivity contribution in [2.45, 2.75) is 13.5 Å². The van der Waals surface area contributed by atoms with E-state index in [1.807, 2.05) is 24.1 Å². The van der Waals surface area contributed by atoms with Gasteiger partial charge in [0.2, 0.25) is 0 Å². The molecule has 0 saturated heterocycles. The van der Waals surface area contributed by atoms with Crippen LogP contribution in [0.25, 0.3) is 0 Å². The Hall–Kier alpha value is -0.970. The Morgan fingerprint density at radius 2 is 2.11 bits per heavy atom. The molecule has 2 rings (SSSR count). The molecule has 0 saturated carbocycles. The minimum Gasteiger partial charge on any atom is -0.295 e. The first kappa shape index (κ1) is 14.4. The van der Waals surface area contributed by atoms with Gasteiger partial charge in [-0.05, 0) is 47.6 Å². The summed E-state index contributed by atoms with van der Waals surface area (Å²) in [5.41, 5.74) is 2.49. The SMILES string of the molecule is Cc1cccc(CN(C)CC(=O)c2ccc(Br)s2)c1. The van der Waals surface area contributed by atoms with E-state index >= 15 is 0 Å². The van der Waals surface area contributed by atoms with Gasteiger partial charge in [-0.1, -0.05) is 29.8 Å². The summed E-state index contributed by atoms with van der Waals surface area (Å²) in [6.45, 7) is 3.32. The molecule has 0 radical (unpaired) electrons. The second-order valence-corrected chi connectivity index (χ2v) is 7.15. The van der Waals surface area contributed by atoms with Gasteiger partial charge in [-0.3, -0.25) is 9.69 Å². The lowest BCUT2D eigenvalue weighted by atomic mass is 10.1. The molecule has 0 atom stereocenters. The van der Waals surface area contributed by atoms with E-state index in [0.717, 1.165) is 15.2 Å². The molecule has 2 aromatic rings. The van der Waals surface area contributed by atoms with E-state index in [-0.39, 0.29) is 5.78 Å². The number of rotatable bonds is 5. The van der Waals surface area contributed by atoms with Crippen LogP contribution in [-0.4, -0.2) is 24.3 Å². The second kappa shape index (κ2) is 6.46. The van der Waals surface area contributed by atoms with Crippen molar-refractivity contribution < 1.29 is 4.79 Å². The van der Waals surface area contributed by atoms with Crippen LogP contribution in [0.5, 0.6) is 0 Å². The Balaban J connectivity index is 1.94. The molecular formula is C15H16BrNOS. The molecule has 0 N–H and O–H groups in total. The van der Waals surface area contributed by atoms with Gasteiger partial charge in [-0.25, -0.2) is 0 Å². The number of hydrogen-bond donors (Lipinski definition) is 0. The van der Waals surface area contributed by atoms with E-state index < -0.39 is 0 Å². The number of Topliss-reactive ketones (excluding diaryl/α,β-unsaturated/α-hetero) is 1. The second-order valence-electron chi connectivity index (χ2n) is 4.69. The Morgan fingerprint density at radius 3 is 2.74 bits per heavy atom. The minimum atomic E-state index is 0.172. The minimum absolute atomic E-state index is 0.172. The lowest BCUT2D eigenvalue weighted by Gasteiger charge is -2.15. The molecule has 19 heavy (non-hydrogen) atoms.